The van der Waals surface area contributed by atoms with E-state index in [1.807, 2.05) is 0 Å². The van der Waals surface area contributed by atoms with Gasteiger partial charge in [0, 0.05) is 8.95 Å². The lowest BCUT2D eigenvalue weighted by molar-refractivity contribution is 0.0695. The maximum Gasteiger partial charge on any atom is 0.411 e. The first kappa shape index (κ1) is 15.7. The molecule has 0 aromatic heterocycles. The van der Waals surface area contributed by atoms with Gasteiger partial charge in [-0.25, -0.2) is 9.59 Å². The second kappa shape index (κ2) is 6.72. The number of rotatable bonds is 4. The highest BCUT2D eigenvalue weighted by atomic mass is 79.9. The van der Waals surface area contributed by atoms with Crippen molar-refractivity contribution in [2.75, 3.05) is 11.9 Å². The van der Waals surface area contributed by atoms with Crippen LogP contribution in [0.2, 0.25) is 0 Å². The van der Waals surface area contributed by atoms with Gasteiger partial charge < -0.3 is 9.84 Å². The van der Waals surface area contributed by atoms with Crippen molar-refractivity contribution in [3.63, 3.8) is 0 Å². The molecule has 1 rings (SSSR count). The van der Waals surface area contributed by atoms with Gasteiger partial charge in [-0.3, -0.25) is 5.32 Å². The third-order valence-electron chi connectivity index (χ3n) is 2.25. The first-order valence-electron chi connectivity index (χ1n) is 5.15. The molecule has 0 radical (unpaired) electrons. The van der Waals surface area contributed by atoms with Crippen LogP contribution in [0.3, 0.4) is 0 Å². The molecule has 0 heterocycles. The summed E-state index contributed by atoms with van der Waals surface area (Å²) in [5, 5.41) is 11.6. The fourth-order valence-electron chi connectivity index (χ4n) is 1.43. The van der Waals surface area contributed by atoms with Crippen molar-refractivity contribution in [2.24, 2.45) is 0 Å². The molecule has 0 fully saturated rings. The molecule has 0 unspecified atom stereocenters. The number of ether oxygens (including phenoxy) is 1. The zero-order valence-electron chi connectivity index (χ0n) is 10.00. The first-order valence-corrected chi connectivity index (χ1v) is 6.73. The lowest BCUT2D eigenvalue weighted by Crippen LogP contribution is -2.16. The number of hydrogen-bond acceptors (Lipinski definition) is 3. The van der Waals surface area contributed by atoms with Gasteiger partial charge >= 0.3 is 12.1 Å². The van der Waals surface area contributed by atoms with Crippen molar-refractivity contribution in [1.29, 1.82) is 0 Å². The van der Waals surface area contributed by atoms with Gasteiger partial charge in [-0.1, -0.05) is 12.7 Å². The second-order valence-corrected chi connectivity index (χ2v) is 5.24. The zero-order chi connectivity index (χ0) is 14.6. The topological polar surface area (TPSA) is 75.6 Å². The van der Waals surface area contributed by atoms with E-state index in [-0.39, 0.29) is 12.2 Å². The van der Waals surface area contributed by atoms with Crippen molar-refractivity contribution in [1.82, 2.24) is 0 Å². The molecule has 0 bridgehead atoms. The van der Waals surface area contributed by atoms with E-state index >= 15 is 0 Å². The number of halogens is 2. The molecule has 0 aliphatic heterocycles. The summed E-state index contributed by atoms with van der Waals surface area (Å²) in [6.45, 7) is 5.10. The summed E-state index contributed by atoms with van der Waals surface area (Å²) in [6, 6.07) is 1.56. The van der Waals surface area contributed by atoms with Gasteiger partial charge in [-0.15, -0.1) is 0 Å². The molecule has 1 aromatic carbocycles. The van der Waals surface area contributed by atoms with E-state index in [0.29, 0.717) is 20.2 Å². The molecule has 0 aliphatic rings. The summed E-state index contributed by atoms with van der Waals surface area (Å²) in [7, 11) is 0. The third-order valence-corrected chi connectivity index (χ3v) is 3.51. The standard InChI is InChI=1S/C12H11Br2NO4/c1-3-4-19-12(18)15-10-6(2)9(11(16)17)7(13)5-8(10)14/h3,5H,1,4H2,2H3,(H,15,18)(H,16,17). The quantitative estimate of drug-likeness (QED) is 0.760. The van der Waals surface area contributed by atoms with Crippen LogP contribution in [0.1, 0.15) is 15.9 Å². The van der Waals surface area contributed by atoms with Crippen LogP contribution >= 0.6 is 31.9 Å². The lowest BCUT2D eigenvalue weighted by atomic mass is 10.1. The van der Waals surface area contributed by atoms with Gasteiger partial charge in [0.25, 0.3) is 0 Å². The second-order valence-electron chi connectivity index (χ2n) is 3.53. The predicted molar refractivity (Wildman–Crippen MR) is 78.7 cm³/mol. The Labute approximate surface area is 126 Å². The number of benzene rings is 1. The number of hydrogen-bond donors (Lipinski definition) is 2. The SMILES string of the molecule is C=CCOC(=O)Nc1c(Br)cc(Br)c(C(=O)O)c1C. The van der Waals surface area contributed by atoms with E-state index in [1.165, 1.54) is 6.08 Å². The Kier molecular flexibility index (Phi) is 5.56. The van der Waals surface area contributed by atoms with Gasteiger partial charge in [0.2, 0.25) is 0 Å². The largest absolute Gasteiger partial charge is 0.478 e. The number of carbonyl (C=O) groups excluding carboxylic acids is 1. The van der Waals surface area contributed by atoms with Crippen LogP contribution in [0.15, 0.2) is 27.7 Å². The molecule has 19 heavy (non-hydrogen) atoms. The molecule has 0 saturated heterocycles. The van der Waals surface area contributed by atoms with Crippen LogP contribution < -0.4 is 5.32 Å². The average Bonchev–Trinajstić information content (AvgIpc) is 2.31. The van der Waals surface area contributed by atoms with Crippen LogP contribution in [0.4, 0.5) is 10.5 Å². The summed E-state index contributed by atoms with van der Waals surface area (Å²) < 4.78 is 5.77. The Morgan fingerprint density at radius 3 is 2.63 bits per heavy atom. The molecular formula is C12H11Br2NO4. The molecule has 2 N–H and O–H groups in total. The van der Waals surface area contributed by atoms with Gasteiger partial charge in [0.15, 0.2) is 0 Å². The number of carboxylic acids is 1. The van der Waals surface area contributed by atoms with Crippen molar-refractivity contribution in [3.8, 4) is 0 Å². The first-order chi connectivity index (χ1) is 8.88. The van der Waals surface area contributed by atoms with Gasteiger partial charge in [0.1, 0.15) is 6.61 Å². The Hall–Kier alpha value is -1.34. The number of carbonyl (C=O) groups is 2. The van der Waals surface area contributed by atoms with E-state index in [9.17, 15) is 9.59 Å². The Morgan fingerprint density at radius 1 is 1.47 bits per heavy atom. The van der Waals surface area contributed by atoms with Crippen LogP contribution in [-0.2, 0) is 4.74 Å². The van der Waals surface area contributed by atoms with Crippen LogP contribution in [0.5, 0.6) is 0 Å². The van der Waals surface area contributed by atoms with E-state index in [0.717, 1.165) is 0 Å². The lowest BCUT2D eigenvalue weighted by Gasteiger charge is -2.14. The molecule has 102 valence electrons. The average molecular weight is 393 g/mol. The van der Waals surface area contributed by atoms with Crippen LogP contribution in [0, 0.1) is 6.92 Å². The Balaban J connectivity index is 3.14. The van der Waals surface area contributed by atoms with Crippen LogP contribution in [0.25, 0.3) is 0 Å². The summed E-state index contributed by atoms with van der Waals surface area (Å²) in [5.74, 6) is -1.08. The monoisotopic (exact) mass is 391 g/mol. The van der Waals surface area contributed by atoms with Gasteiger partial charge in [-0.2, -0.15) is 0 Å². The Morgan fingerprint density at radius 2 is 2.11 bits per heavy atom. The van der Waals surface area contributed by atoms with Crippen LogP contribution in [-0.4, -0.2) is 23.8 Å². The normalized spacial score (nSPS) is 9.84. The minimum absolute atomic E-state index is 0.0742. The van der Waals surface area contributed by atoms with E-state index in [2.05, 4.69) is 43.8 Å². The molecule has 0 spiro atoms. The summed E-state index contributed by atoms with van der Waals surface area (Å²) in [6.07, 6.45) is 0.758. The van der Waals surface area contributed by atoms with Crippen molar-refractivity contribution in [3.05, 3.63) is 38.8 Å². The van der Waals surface area contributed by atoms with Crippen molar-refractivity contribution >= 4 is 49.6 Å². The highest BCUT2D eigenvalue weighted by molar-refractivity contribution is 9.11. The fraction of sp³-hybridized carbons (Fsp3) is 0.167. The molecule has 1 amide bonds. The summed E-state index contributed by atoms with van der Waals surface area (Å²) in [4.78, 5) is 22.6. The Bertz CT molecular complexity index is 543. The van der Waals surface area contributed by atoms with Crippen molar-refractivity contribution < 1.29 is 19.4 Å². The van der Waals surface area contributed by atoms with Crippen molar-refractivity contribution in [2.45, 2.75) is 6.92 Å². The van der Waals surface area contributed by atoms with E-state index < -0.39 is 12.1 Å². The highest BCUT2D eigenvalue weighted by Gasteiger charge is 2.19. The molecular weight excluding hydrogens is 382 g/mol. The molecule has 5 nitrogen and oxygen atoms in total. The van der Waals surface area contributed by atoms with E-state index in [4.69, 9.17) is 9.84 Å². The minimum Gasteiger partial charge on any atom is -0.478 e. The molecule has 0 atom stereocenters. The maximum absolute atomic E-state index is 11.5. The maximum atomic E-state index is 11.5. The number of carboxylic acid groups (broad SMARTS) is 1. The molecule has 1 aromatic rings. The third kappa shape index (κ3) is 3.81. The molecule has 7 heteroatoms. The minimum atomic E-state index is -1.08. The fourth-order valence-corrected chi connectivity index (χ4v) is 3.06. The molecule has 0 saturated carbocycles. The summed E-state index contributed by atoms with van der Waals surface area (Å²) >= 11 is 6.44. The van der Waals surface area contributed by atoms with Gasteiger partial charge in [0.05, 0.1) is 11.3 Å². The predicted octanol–water partition coefficient (Wildman–Crippen LogP) is 3.95. The van der Waals surface area contributed by atoms with Gasteiger partial charge in [-0.05, 0) is 50.4 Å². The zero-order valence-corrected chi connectivity index (χ0v) is 13.2. The van der Waals surface area contributed by atoms with E-state index in [1.54, 1.807) is 13.0 Å². The summed E-state index contributed by atoms with van der Waals surface area (Å²) in [5.41, 5.74) is 0.862. The number of anilines is 1. The number of nitrogens with one attached hydrogen (secondary N) is 1. The number of aromatic carboxylic acids is 1. The highest BCUT2D eigenvalue weighted by Crippen LogP contribution is 2.34. The molecule has 0 aliphatic carbocycles. The number of amides is 1. The smallest absolute Gasteiger partial charge is 0.411 e.